The minimum absolute atomic E-state index is 0.510. The molecule has 0 saturated carbocycles. The molecule has 4 heteroatoms. The number of nitrogens with one attached hydrogen (secondary N) is 1. The van der Waals surface area contributed by atoms with Gasteiger partial charge in [-0.25, -0.2) is 0 Å². The molecule has 1 rings (SSSR count). The molecule has 0 aliphatic carbocycles. The van der Waals surface area contributed by atoms with E-state index in [1.54, 1.807) is 0 Å². The molecular formula is C13H25N3O. The van der Waals surface area contributed by atoms with E-state index in [1.165, 1.54) is 6.42 Å². The largest absolute Gasteiger partial charge is 0.339 e. The molecule has 1 atom stereocenters. The summed E-state index contributed by atoms with van der Waals surface area (Å²) >= 11 is 0. The minimum Gasteiger partial charge on any atom is -0.339 e. The molecule has 0 radical (unpaired) electrons. The summed E-state index contributed by atoms with van der Waals surface area (Å²) in [6.07, 6.45) is 3.98. The number of nitrogens with zero attached hydrogens (tertiary/aromatic N) is 2. The van der Waals surface area contributed by atoms with E-state index in [0.717, 1.165) is 37.5 Å². The van der Waals surface area contributed by atoms with Gasteiger partial charge in [-0.2, -0.15) is 4.98 Å². The van der Waals surface area contributed by atoms with Crippen molar-refractivity contribution in [3.63, 3.8) is 0 Å². The summed E-state index contributed by atoms with van der Waals surface area (Å²) in [4.78, 5) is 4.40. The molecule has 0 aliphatic rings. The number of hydrogen-bond acceptors (Lipinski definition) is 4. The Morgan fingerprint density at radius 1 is 1.29 bits per heavy atom. The lowest BCUT2D eigenvalue weighted by molar-refractivity contribution is 0.360. The van der Waals surface area contributed by atoms with Crippen molar-refractivity contribution < 1.29 is 4.52 Å². The second kappa shape index (κ2) is 7.43. The fraction of sp³-hybridized carbons (Fsp3) is 0.846. The van der Waals surface area contributed by atoms with Crippen molar-refractivity contribution in [2.45, 2.75) is 59.4 Å². The highest BCUT2D eigenvalue weighted by atomic mass is 16.5. The van der Waals surface area contributed by atoms with Crippen LogP contribution in [0.2, 0.25) is 0 Å². The van der Waals surface area contributed by atoms with E-state index in [-0.39, 0.29) is 0 Å². The van der Waals surface area contributed by atoms with E-state index in [4.69, 9.17) is 4.52 Å². The van der Waals surface area contributed by atoms with Crippen LogP contribution in [-0.4, -0.2) is 22.7 Å². The van der Waals surface area contributed by atoms with Crippen molar-refractivity contribution in [1.29, 1.82) is 0 Å². The van der Waals surface area contributed by atoms with Crippen LogP contribution in [-0.2, 0) is 12.8 Å². The topological polar surface area (TPSA) is 51.0 Å². The fourth-order valence-electron chi connectivity index (χ4n) is 1.67. The number of hydrogen-bond donors (Lipinski definition) is 1. The summed E-state index contributed by atoms with van der Waals surface area (Å²) in [5, 5.41) is 7.44. The molecule has 98 valence electrons. The second-order valence-electron chi connectivity index (χ2n) is 5.10. The molecule has 4 nitrogen and oxygen atoms in total. The van der Waals surface area contributed by atoms with Crippen LogP contribution in [0, 0.1) is 5.92 Å². The van der Waals surface area contributed by atoms with E-state index >= 15 is 0 Å². The Balaban J connectivity index is 2.29. The number of aromatic nitrogens is 2. The Bertz CT molecular complexity index is 309. The van der Waals surface area contributed by atoms with Crippen molar-refractivity contribution in [2.24, 2.45) is 5.92 Å². The quantitative estimate of drug-likeness (QED) is 0.757. The maximum Gasteiger partial charge on any atom is 0.226 e. The Labute approximate surface area is 104 Å². The highest BCUT2D eigenvalue weighted by Crippen LogP contribution is 2.07. The Morgan fingerprint density at radius 2 is 2.06 bits per heavy atom. The van der Waals surface area contributed by atoms with E-state index in [0.29, 0.717) is 12.0 Å². The molecule has 0 fully saturated rings. The summed E-state index contributed by atoms with van der Waals surface area (Å²) in [5.41, 5.74) is 0. The van der Waals surface area contributed by atoms with Crippen molar-refractivity contribution in [2.75, 3.05) is 6.54 Å². The Kier molecular flexibility index (Phi) is 6.19. The van der Waals surface area contributed by atoms with E-state index in [2.05, 4.69) is 43.2 Å². The molecule has 1 heterocycles. The first-order chi connectivity index (χ1) is 8.11. The zero-order chi connectivity index (χ0) is 12.7. The number of rotatable bonds is 8. The van der Waals surface area contributed by atoms with Crippen LogP contribution in [0.4, 0.5) is 0 Å². The maximum atomic E-state index is 5.23. The minimum atomic E-state index is 0.510. The van der Waals surface area contributed by atoms with Gasteiger partial charge in [-0.1, -0.05) is 25.9 Å². The molecule has 0 saturated heterocycles. The van der Waals surface area contributed by atoms with Crippen LogP contribution < -0.4 is 5.32 Å². The zero-order valence-corrected chi connectivity index (χ0v) is 11.5. The zero-order valence-electron chi connectivity index (χ0n) is 11.5. The normalized spacial score (nSPS) is 13.2. The van der Waals surface area contributed by atoms with Gasteiger partial charge in [0.2, 0.25) is 5.89 Å². The lowest BCUT2D eigenvalue weighted by Crippen LogP contribution is -2.27. The van der Waals surface area contributed by atoms with Gasteiger partial charge < -0.3 is 9.84 Å². The average Bonchev–Trinajstić information content (AvgIpc) is 2.70. The third kappa shape index (κ3) is 5.82. The lowest BCUT2D eigenvalue weighted by atomic mass is 10.1. The molecule has 0 amide bonds. The van der Waals surface area contributed by atoms with Crippen molar-refractivity contribution in [3.8, 4) is 0 Å². The van der Waals surface area contributed by atoms with Gasteiger partial charge in [-0.3, -0.25) is 0 Å². The van der Waals surface area contributed by atoms with Gasteiger partial charge in [-0.05, 0) is 32.2 Å². The van der Waals surface area contributed by atoms with Crippen molar-refractivity contribution in [3.05, 3.63) is 11.7 Å². The molecule has 1 aromatic heterocycles. The van der Waals surface area contributed by atoms with Crippen LogP contribution in [0.5, 0.6) is 0 Å². The van der Waals surface area contributed by atoms with Gasteiger partial charge in [0, 0.05) is 18.9 Å². The summed E-state index contributed by atoms with van der Waals surface area (Å²) in [6, 6.07) is 0.510. The first-order valence-electron chi connectivity index (χ1n) is 6.66. The van der Waals surface area contributed by atoms with Gasteiger partial charge in [0.1, 0.15) is 0 Å². The highest BCUT2D eigenvalue weighted by Gasteiger charge is 2.09. The summed E-state index contributed by atoms with van der Waals surface area (Å²) < 4.78 is 5.23. The summed E-state index contributed by atoms with van der Waals surface area (Å²) in [7, 11) is 0. The Hall–Kier alpha value is -0.900. The van der Waals surface area contributed by atoms with Crippen LogP contribution in [0.25, 0.3) is 0 Å². The molecule has 0 aliphatic heterocycles. The maximum absolute atomic E-state index is 5.23. The van der Waals surface area contributed by atoms with Crippen LogP contribution >= 0.6 is 0 Å². The second-order valence-corrected chi connectivity index (χ2v) is 5.10. The van der Waals surface area contributed by atoms with E-state index in [9.17, 15) is 0 Å². The SMILES string of the molecule is CCCNC(C)CCc1nc(CC(C)C)no1. The highest BCUT2D eigenvalue weighted by molar-refractivity contribution is 4.88. The van der Waals surface area contributed by atoms with Gasteiger partial charge in [-0.15, -0.1) is 0 Å². The van der Waals surface area contributed by atoms with Gasteiger partial charge in [0.15, 0.2) is 5.82 Å². The van der Waals surface area contributed by atoms with Crippen molar-refractivity contribution in [1.82, 2.24) is 15.5 Å². The van der Waals surface area contributed by atoms with Crippen LogP contribution in [0.3, 0.4) is 0 Å². The van der Waals surface area contributed by atoms with Gasteiger partial charge >= 0.3 is 0 Å². The smallest absolute Gasteiger partial charge is 0.226 e. The monoisotopic (exact) mass is 239 g/mol. The molecule has 1 N–H and O–H groups in total. The summed E-state index contributed by atoms with van der Waals surface area (Å²) in [6.45, 7) is 9.76. The Morgan fingerprint density at radius 3 is 2.71 bits per heavy atom. The molecule has 0 aromatic carbocycles. The predicted molar refractivity (Wildman–Crippen MR) is 68.9 cm³/mol. The standard InChI is InChI=1S/C13H25N3O/c1-5-8-14-11(4)6-7-13-15-12(16-17-13)9-10(2)3/h10-11,14H,5-9H2,1-4H3. The first kappa shape index (κ1) is 14.2. The average molecular weight is 239 g/mol. The van der Waals surface area contributed by atoms with Crippen LogP contribution in [0.15, 0.2) is 4.52 Å². The number of aryl methyl sites for hydroxylation is 1. The molecular weight excluding hydrogens is 214 g/mol. The van der Waals surface area contributed by atoms with Gasteiger partial charge in [0.25, 0.3) is 0 Å². The van der Waals surface area contributed by atoms with E-state index in [1.807, 2.05) is 0 Å². The molecule has 1 aromatic rings. The molecule has 1 unspecified atom stereocenters. The third-order valence-electron chi connectivity index (χ3n) is 2.63. The first-order valence-corrected chi connectivity index (χ1v) is 6.66. The summed E-state index contributed by atoms with van der Waals surface area (Å²) in [5.74, 6) is 2.18. The predicted octanol–water partition coefficient (Wildman–Crippen LogP) is 2.59. The molecule has 17 heavy (non-hydrogen) atoms. The fourth-order valence-corrected chi connectivity index (χ4v) is 1.67. The lowest BCUT2D eigenvalue weighted by Gasteiger charge is -2.10. The molecule has 0 bridgehead atoms. The van der Waals surface area contributed by atoms with E-state index < -0.39 is 0 Å². The van der Waals surface area contributed by atoms with Crippen LogP contribution in [0.1, 0.15) is 52.3 Å². The van der Waals surface area contributed by atoms with Gasteiger partial charge in [0.05, 0.1) is 0 Å². The van der Waals surface area contributed by atoms with Crippen molar-refractivity contribution >= 4 is 0 Å². The third-order valence-corrected chi connectivity index (χ3v) is 2.63. The molecule has 0 spiro atoms.